The number of aliphatic hydroxyl groups is 1. The molecule has 2 aliphatic carbocycles. The highest BCUT2D eigenvalue weighted by atomic mass is 35.5. The molecule has 42 heavy (non-hydrogen) atoms. The van der Waals surface area contributed by atoms with Gasteiger partial charge in [0.05, 0.1) is 23.6 Å². The second-order valence-corrected chi connectivity index (χ2v) is 15.5. The third-order valence-electron chi connectivity index (χ3n) is 9.80. The molecule has 7 nitrogen and oxygen atoms in total. The number of aryl methyl sites for hydroxylation is 1. The predicted molar refractivity (Wildman–Crippen MR) is 168 cm³/mol. The average Bonchev–Trinajstić information content (AvgIpc) is 2.91. The van der Waals surface area contributed by atoms with E-state index in [1.165, 1.54) is 11.1 Å². The topological polar surface area (TPSA) is 95.9 Å². The highest BCUT2D eigenvalue weighted by molar-refractivity contribution is 7.90. The minimum atomic E-state index is -3.89. The van der Waals surface area contributed by atoms with Gasteiger partial charge >= 0.3 is 0 Å². The highest BCUT2D eigenvalue weighted by Gasteiger charge is 2.44. The van der Waals surface area contributed by atoms with E-state index in [1.807, 2.05) is 25.1 Å². The number of amides is 1. The zero-order chi connectivity index (χ0) is 30.3. The fraction of sp³-hybridized carbons (Fsp3) is 0.545. The first-order valence-electron chi connectivity index (χ1n) is 15.0. The van der Waals surface area contributed by atoms with Gasteiger partial charge in [-0.3, -0.25) is 4.79 Å². The molecule has 1 heterocycles. The zero-order valence-electron chi connectivity index (χ0n) is 25.0. The molecule has 1 aliphatic heterocycles. The fourth-order valence-corrected chi connectivity index (χ4v) is 8.35. The molecule has 1 amide bonds. The number of allylic oxidation sites excluding steroid dienone is 1. The van der Waals surface area contributed by atoms with E-state index in [9.17, 15) is 18.3 Å². The number of nitrogens with one attached hydrogen (secondary N) is 1. The molecule has 5 atom stereocenters. The number of sulfonamides is 1. The molecule has 0 saturated heterocycles. The van der Waals surface area contributed by atoms with Crippen molar-refractivity contribution in [2.45, 2.75) is 82.0 Å². The van der Waals surface area contributed by atoms with Crippen molar-refractivity contribution in [3.63, 3.8) is 0 Å². The van der Waals surface area contributed by atoms with Gasteiger partial charge in [-0.2, -0.15) is 0 Å². The van der Waals surface area contributed by atoms with Crippen LogP contribution in [0.15, 0.2) is 48.6 Å². The predicted octanol–water partition coefficient (Wildman–Crippen LogP) is 6.02. The minimum absolute atomic E-state index is 0.0630. The number of carbonyl (C=O) groups excluding carboxylic acids is 1. The quantitative estimate of drug-likeness (QED) is 0.410. The number of nitrogens with zero attached hydrogens (tertiary/aromatic N) is 1. The molecule has 0 unspecified atom stereocenters. The normalized spacial score (nSPS) is 32.1. The summed E-state index contributed by atoms with van der Waals surface area (Å²) in [5.74, 6) is 0.257. The summed E-state index contributed by atoms with van der Waals surface area (Å²) in [6, 6.07) is 11.3. The van der Waals surface area contributed by atoms with Gasteiger partial charge in [0.15, 0.2) is 0 Å². The van der Waals surface area contributed by atoms with Gasteiger partial charge in [0.2, 0.25) is 10.0 Å². The first-order chi connectivity index (χ1) is 19.8. The van der Waals surface area contributed by atoms with Crippen molar-refractivity contribution in [3.05, 3.63) is 70.3 Å². The van der Waals surface area contributed by atoms with Crippen LogP contribution in [0, 0.1) is 11.8 Å². The first kappa shape index (κ1) is 30.9. The Morgan fingerprint density at radius 2 is 1.93 bits per heavy atom. The van der Waals surface area contributed by atoms with Gasteiger partial charge in [-0.05, 0) is 112 Å². The first-order valence-corrected chi connectivity index (χ1v) is 16.9. The second kappa shape index (κ2) is 11.9. The Morgan fingerprint density at radius 3 is 2.64 bits per heavy atom. The Kier molecular flexibility index (Phi) is 8.72. The van der Waals surface area contributed by atoms with Crippen molar-refractivity contribution in [2.24, 2.45) is 11.8 Å². The number of rotatable bonds is 3. The summed E-state index contributed by atoms with van der Waals surface area (Å²) in [6.07, 6.45) is 9.47. The molecule has 5 rings (SSSR count). The summed E-state index contributed by atoms with van der Waals surface area (Å²) in [4.78, 5) is 15.6. The molecule has 9 heteroatoms. The number of halogens is 1. The zero-order valence-corrected chi connectivity index (χ0v) is 26.6. The second-order valence-electron chi connectivity index (χ2n) is 12.9. The van der Waals surface area contributed by atoms with Gasteiger partial charge in [0.25, 0.3) is 5.91 Å². The molecule has 0 aromatic heterocycles. The number of hydrogen-bond donors (Lipinski definition) is 2. The van der Waals surface area contributed by atoms with E-state index in [0.29, 0.717) is 31.7 Å². The van der Waals surface area contributed by atoms with Crippen LogP contribution in [0.2, 0.25) is 5.02 Å². The summed E-state index contributed by atoms with van der Waals surface area (Å²) >= 11 is 6.37. The Bertz CT molecular complexity index is 1470. The highest BCUT2D eigenvalue weighted by Crippen LogP contribution is 2.46. The largest absolute Gasteiger partial charge is 0.495 e. The van der Waals surface area contributed by atoms with Crippen molar-refractivity contribution < 1.29 is 23.1 Å². The number of methoxy groups -OCH3 is 1. The summed E-state index contributed by atoms with van der Waals surface area (Å²) in [7, 11) is -2.29. The van der Waals surface area contributed by atoms with E-state index in [0.717, 1.165) is 42.8 Å². The van der Waals surface area contributed by atoms with Crippen molar-refractivity contribution in [2.75, 3.05) is 25.1 Å². The lowest BCUT2D eigenvalue weighted by molar-refractivity contribution is -0.0314. The monoisotopic (exact) mass is 614 g/mol. The van der Waals surface area contributed by atoms with Crippen LogP contribution in [0.5, 0.6) is 5.75 Å². The van der Waals surface area contributed by atoms with Gasteiger partial charge in [-0.25, -0.2) is 13.1 Å². The fourth-order valence-electron chi connectivity index (χ4n) is 7.13. The van der Waals surface area contributed by atoms with Gasteiger partial charge in [-0.1, -0.05) is 36.7 Å². The maximum absolute atomic E-state index is 13.3. The van der Waals surface area contributed by atoms with E-state index in [-0.39, 0.29) is 22.8 Å². The molecule has 1 fully saturated rings. The van der Waals surface area contributed by atoms with Crippen LogP contribution in [0.3, 0.4) is 0 Å². The molecule has 2 bridgehead atoms. The van der Waals surface area contributed by atoms with Crippen molar-refractivity contribution in [1.29, 1.82) is 0 Å². The third kappa shape index (κ3) is 6.22. The average molecular weight is 615 g/mol. The Labute approximate surface area is 255 Å². The molecule has 2 aromatic carbocycles. The van der Waals surface area contributed by atoms with Crippen LogP contribution in [-0.2, 0) is 21.9 Å². The smallest absolute Gasteiger partial charge is 0.264 e. The summed E-state index contributed by atoms with van der Waals surface area (Å²) in [5.41, 5.74) is 2.34. The third-order valence-corrected chi connectivity index (χ3v) is 11.8. The molecule has 3 aliphatic rings. The Morgan fingerprint density at radius 1 is 1.14 bits per heavy atom. The van der Waals surface area contributed by atoms with Gasteiger partial charge < -0.3 is 14.7 Å². The molecule has 0 radical (unpaired) electrons. The number of hydrogen-bond acceptors (Lipinski definition) is 6. The number of anilines is 1. The lowest BCUT2D eigenvalue weighted by atomic mass is 9.64. The Hall–Kier alpha value is -2.55. The van der Waals surface area contributed by atoms with E-state index in [2.05, 4.69) is 28.7 Å². The summed E-state index contributed by atoms with van der Waals surface area (Å²) < 4.78 is 34.1. The van der Waals surface area contributed by atoms with Crippen LogP contribution >= 0.6 is 11.6 Å². The SMILES string of the molecule is COc1ccc2cc1N(C[C@]1(C)CCCc3cc(Cl)ccc31)C[C@@H]1CC[C@H]1[C@@](C)(O)/C=C/CC[C@H](C)S(=O)(=O)NC2=O. The molecule has 1 saturated carbocycles. The lowest BCUT2D eigenvalue weighted by Crippen LogP contribution is -2.50. The number of ether oxygens (including phenoxy) is 1. The van der Waals surface area contributed by atoms with Gasteiger partial charge in [0.1, 0.15) is 5.75 Å². The van der Waals surface area contributed by atoms with Crippen LogP contribution in [-0.4, -0.2) is 50.5 Å². The maximum Gasteiger partial charge on any atom is 0.264 e. The van der Waals surface area contributed by atoms with Crippen LogP contribution in [0.1, 0.15) is 80.8 Å². The summed E-state index contributed by atoms with van der Waals surface area (Å²) in [6.45, 7) is 7.08. The van der Waals surface area contributed by atoms with E-state index in [1.54, 1.807) is 32.2 Å². The van der Waals surface area contributed by atoms with Crippen molar-refractivity contribution in [1.82, 2.24) is 4.72 Å². The molecule has 2 N–H and O–H groups in total. The van der Waals surface area contributed by atoms with Gasteiger partial charge in [-0.15, -0.1) is 0 Å². The Balaban J connectivity index is 1.60. The molecule has 2 aromatic rings. The molecular formula is C33H43ClN2O5S. The van der Waals surface area contributed by atoms with E-state index >= 15 is 0 Å². The maximum atomic E-state index is 13.3. The summed E-state index contributed by atoms with van der Waals surface area (Å²) in [5, 5.41) is 11.5. The number of carbonyl (C=O) groups is 1. The minimum Gasteiger partial charge on any atom is -0.495 e. The molecule has 228 valence electrons. The van der Waals surface area contributed by atoms with E-state index < -0.39 is 26.8 Å². The molecule has 0 spiro atoms. The van der Waals surface area contributed by atoms with Crippen LogP contribution < -0.4 is 14.4 Å². The van der Waals surface area contributed by atoms with E-state index in [4.69, 9.17) is 16.3 Å². The number of benzene rings is 2. The van der Waals surface area contributed by atoms with Crippen LogP contribution in [0.4, 0.5) is 5.69 Å². The van der Waals surface area contributed by atoms with Crippen LogP contribution in [0.25, 0.3) is 0 Å². The van der Waals surface area contributed by atoms with Crippen molar-refractivity contribution >= 4 is 33.2 Å². The number of fused-ring (bicyclic) bond motifs is 4. The standard InChI is InChI=1S/C33H43ClN2O5S/c1-22-8-5-6-17-33(3,38)28-13-10-25(28)20-36(21-32(2)16-7-9-23-18-26(34)12-14-27(23)32)29-19-24(11-15-30(29)41-4)31(37)35-42(22,39)40/h6,11-12,14-15,17-19,22,25,28,38H,5,7-10,13,16,20-21H2,1-4H3,(H,35,37)/b17-6+/t22-,25-,28+,32-,33-/m0/s1. The lowest BCUT2D eigenvalue weighted by Gasteiger charge is -2.48. The van der Waals surface area contributed by atoms with Gasteiger partial charge in [0, 0.05) is 29.1 Å². The molecular weight excluding hydrogens is 572 g/mol. The van der Waals surface area contributed by atoms with Crippen molar-refractivity contribution in [3.8, 4) is 5.75 Å².